The van der Waals surface area contributed by atoms with Gasteiger partial charge in [0.25, 0.3) is 0 Å². The molecule has 0 fully saturated rings. The number of nitrogens with zero attached hydrogens (tertiary/aromatic N) is 3. The molecule has 2 rings (SSSR count). The molecule has 0 bridgehead atoms. The van der Waals surface area contributed by atoms with Crippen molar-refractivity contribution in [3.05, 3.63) is 41.5 Å². The summed E-state index contributed by atoms with van der Waals surface area (Å²) in [5.41, 5.74) is 1.12. The lowest BCUT2D eigenvalue weighted by Crippen LogP contribution is -2.07. The van der Waals surface area contributed by atoms with E-state index in [1.54, 1.807) is 31.1 Å². The number of benzene rings is 1. The van der Waals surface area contributed by atoms with Gasteiger partial charge >= 0.3 is 5.97 Å². The van der Waals surface area contributed by atoms with Gasteiger partial charge in [0.2, 0.25) is 0 Å². The molecule has 0 saturated carbocycles. The van der Waals surface area contributed by atoms with Crippen molar-refractivity contribution in [2.24, 2.45) is 0 Å². The molecule has 0 unspecified atom stereocenters. The van der Waals surface area contributed by atoms with E-state index in [1.807, 2.05) is 16.8 Å². The molecule has 0 aliphatic heterocycles. The molecule has 20 heavy (non-hydrogen) atoms. The minimum absolute atomic E-state index is 0.265. The molecule has 1 N–H and O–H groups in total. The number of thioether (sulfide) groups is 1. The van der Waals surface area contributed by atoms with E-state index < -0.39 is 5.97 Å². The van der Waals surface area contributed by atoms with E-state index in [4.69, 9.17) is 5.11 Å². The number of aryl methyl sites for hydroxylation is 1. The zero-order chi connectivity index (χ0) is 14.7. The van der Waals surface area contributed by atoms with Crippen LogP contribution in [0.5, 0.6) is 0 Å². The van der Waals surface area contributed by atoms with Gasteiger partial charge < -0.3 is 5.11 Å². The first kappa shape index (κ1) is 14.6. The van der Waals surface area contributed by atoms with Crippen LogP contribution >= 0.6 is 11.8 Å². The van der Waals surface area contributed by atoms with Gasteiger partial charge in [-0.2, -0.15) is 5.10 Å². The molecule has 0 atom stereocenters. The highest BCUT2D eigenvalue weighted by Gasteiger charge is 2.11. The van der Waals surface area contributed by atoms with Gasteiger partial charge in [0.05, 0.1) is 11.3 Å². The fourth-order valence-corrected chi connectivity index (χ4v) is 2.75. The quantitative estimate of drug-likeness (QED) is 0.857. The second kappa shape index (κ2) is 6.09. The van der Waals surface area contributed by atoms with Crippen molar-refractivity contribution in [2.45, 2.75) is 37.5 Å². The molecule has 0 aliphatic rings. The van der Waals surface area contributed by atoms with Crippen LogP contribution in [0.1, 0.15) is 41.6 Å². The van der Waals surface area contributed by atoms with Crippen molar-refractivity contribution in [3.63, 3.8) is 0 Å². The molecule has 0 spiro atoms. The van der Waals surface area contributed by atoms with Gasteiger partial charge in [-0.1, -0.05) is 6.07 Å². The van der Waals surface area contributed by atoms with Gasteiger partial charge in [-0.25, -0.2) is 14.5 Å². The van der Waals surface area contributed by atoms with Crippen molar-refractivity contribution in [1.29, 1.82) is 0 Å². The molecule has 1 heterocycles. The lowest BCUT2D eigenvalue weighted by molar-refractivity contribution is 0.0696. The third kappa shape index (κ3) is 3.19. The van der Waals surface area contributed by atoms with E-state index in [0.29, 0.717) is 11.3 Å². The molecule has 1 aromatic heterocycles. The zero-order valence-corrected chi connectivity index (χ0v) is 12.5. The standard InChI is InChI=1S/C14H17N3O2S/c1-9(2)17-13(15-8-16-17)7-20-11-5-4-10(3)12(6-11)14(18)19/h4-6,8-9H,7H2,1-3H3,(H,18,19). The zero-order valence-electron chi connectivity index (χ0n) is 11.7. The van der Waals surface area contributed by atoms with Crippen LogP contribution in [0.2, 0.25) is 0 Å². The topological polar surface area (TPSA) is 68.0 Å². The van der Waals surface area contributed by atoms with Crippen LogP contribution < -0.4 is 0 Å². The van der Waals surface area contributed by atoms with Crippen LogP contribution in [0.3, 0.4) is 0 Å². The summed E-state index contributed by atoms with van der Waals surface area (Å²) < 4.78 is 1.87. The molecule has 0 aliphatic carbocycles. The van der Waals surface area contributed by atoms with Crippen molar-refractivity contribution >= 4 is 17.7 Å². The number of rotatable bonds is 5. The largest absolute Gasteiger partial charge is 0.478 e. The van der Waals surface area contributed by atoms with Crippen molar-refractivity contribution in [2.75, 3.05) is 0 Å². The number of carboxylic acids is 1. The molecule has 106 valence electrons. The monoisotopic (exact) mass is 291 g/mol. The van der Waals surface area contributed by atoms with Crippen molar-refractivity contribution < 1.29 is 9.90 Å². The van der Waals surface area contributed by atoms with E-state index in [0.717, 1.165) is 16.3 Å². The second-order valence-electron chi connectivity index (χ2n) is 4.79. The Balaban J connectivity index is 2.13. The summed E-state index contributed by atoms with van der Waals surface area (Å²) in [5.74, 6) is 0.665. The third-order valence-corrected chi connectivity index (χ3v) is 3.93. The van der Waals surface area contributed by atoms with E-state index in [1.165, 1.54) is 0 Å². The number of hydrogen-bond acceptors (Lipinski definition) is 4. The van der Waals surface area contributed by atoms with Gasteiger partial charge in [0, 0.05) is 10.9 Å². The molecule has 6 heteroatoms. The molecular weight excluding hydrogens is 274 g/mol. The van der Waals surface area contributed by atoms with Crippen LogP contribution in [-0.4, -0.2) is 25.8 Å². The maximum atomic E-state index is 11.1. The predicted octanol–water partition coefficient (Wildman–Crippen LogP) is 3.16. The summed E-state index contributed by atoms with van der Waals surface area (Å²) in [6.45, 7) is 5.90. The van der Waals surface area contributed by atoms with Crippen LogP contribution in [0.15, 0.2) is 29.4 Å². The van der Waals surface area contributed by atoms with Crippen LogP contribution in [0.25, 0.3) is 0 Å². The van der Waals surface area contributed by atoms with E-state index >= 15 is 0 Å². The molecule has 1 aromatic carbocycles. The summed E-state index contributed by atoms with van der Waals surface area (Å²) in [6.07, 6.45) is 1.55. The van der Waals surface area contributed by atoms with Gasteiger partial charge in [-0.3, -0.25) is 0 Å². The minimum atomic E-state index is -0.893. The Bertz CT molecular complexity index is 623. The van der Waals surface area contributed by atoms with Gasteiger partial charge in [-0.05, 0) is 38.5 Å². The minimum Gasteiger partial charge on any atom is -0.478 e. The summed E-state index contributed by atoms with van der Waals surface area (Å²) in [5, 5.41) is 13.3. The SMILES string of the molecule is Cc1ccc(SCc2ncnn2C(C)C)cc1C(=O)O. The lowest BCUT2D eigenvalue weighted by atomic mass is 10.1. The highest BCUT2D eigenvalue weighted by atomic mass is 32.2. The van der Waals surface area contributed by atoms with Gasteiger partial charge in [0.15, 0.2) is 0 Å². The Hall–Kier alpha value is -1.82. The third-order valence-electron chi connectivity index (χ3n) is 2.94. The van der Waals surface area contributed by atoms with Crippen molar-refractivity contribution in [3.8, 4) is 0 Å². The lowest BCUT2D eigenvalue weighted by Gasteiger charge is -2.09. The Morgan fingerprint density at radius 2 is 2.20 bits per heavy atom. The van der Waals surface area contributed by atoms with Crippen LogP contribution in [0, 0.1) is 6.92 Å². The summed E-state index contributed by atoms with van der Waals surface area (Å²) in [4.78, 5) is 16.3. The molecule has 2 aromatic rings. The molecular formula is C14H17N3O2S. The van der Waals surface area contributed by atoms with E-state index in [2.05, 4.69) is 23.9 Å². The Labute approximate surface area is 122 Å². The normalized spacial score (nSPS) is 11.0. The number of carbonyl (C=O) groups is 1. The Morgan fingerprint density at radius 3 is 2.85 bits per heavy atom. The number of aromatic nitrogens is 3. The average Bonchev–Trinajstić information content (AvgIpc) is 2.86. The number of hydrogen-bond donors (Lipinski definition) is 1. The summed E-state index contributed by atoms with van der Waals surface area (Å²) in [6, 6.07) is 5.74. The molecule has 5 nitrogen and oxygen atoms in total. The average molecular weight is 291 g/mol. The first-order chi connectivity index (χ1) is 9.49. The highest BCUT2D eigenvalue weighted by Crippen LogP contribution is 2.25. The van der Waals surface area contributed by atoms with E-state index in [-0.39, 0.29) is 6.04 Å². The summed E-state index contributed by atoms with van der Waals surface area (Å²) in [7, 11) is 0. The van der Waals surface area contributed by atoms with Crippen molar-refractivity contribution in [1.82, 2.24) is 14.8 Å². The second-order valence-corrected chi connectivity index (χ2v) is 5.83. The van der Waals surface area contributed by atoms with Crippen LogP contribution in [0.4, 0.5) is 0 Å². The maximum absolute atomic E-state index is 11.1. The Morgan fingerprint density at radius 1 is 1.45 bits per heavy atom. The first-order valence-corrected chi connectivity index (χ1v) is 7.32. The fraction of sp³-hybridized carbons (Fsp3) is 0.357. The highest BCUT2D eigenvalue weighted by molar-refractivity contribution is 7.98. The van der Waals surface area contributed by atoms with E-state index in [9.17, 15) is 4.79 Å². The molecule has 0 saturated heterocycles. The number of aromatic carboxylic acids is 1. The molecule has 0 radical (unpaired) electrons. The first-order valence-electron chi connectivity index (χ1n) is 6.34. The predicted molar refractivity (Wildman–Crippen MR) is 78.1 cm³/mol. The smallest absolute Gasteiger partial charge is 0.335 e. The fourth-order valence-electron chi connectivity index (χ4n) is 1.88. The number of carboxylic acid groups (broad SMARTS) is 1. The molecule has 0 amide bonds. The van der Waals surface area contributed by atoms with Crippen LogP contribution in [-0.2, 0) is 5.75 Å². The van der Waals surface area contributed by atoms with Gasteiger partial charge in [-0.15, -0.1) is 11.8 Å². The van der Waals surface area contributed by atoms with Gasteiger partial charge in [0.1, 0.15) is 12.2 Å². The maximum Gasteiger partial charge on any atom is 0.335 e. The Kier molecular flexibility index (Phi) is 4.44. The summed E-state index contributed by atoms with van der Waals surface area (Å²) >= 11 is 1.56.